The third-order valence-corrected chi connectivity index (χ3v) is 3.53. The molecule has 2 heteroatoms. The molecule has 16 heavy (non-hydrogen) atoms. The maximum atomic E-state index is 5.73. The Labute approximate surface area is 108 Å². The van der Waals surface area contributed by atoms with Gasteiger partial charge in [0.15, 0.2) is 0 Å². The summed E-state index contributed by atoms with van der Waals surface area (Å²) in [5.41, 5.74) is 0. The van der Waals surface area contributed by atoms with Crippen molar-refractivity contribution in [1.29, 1.82) is 0 Å². The second-order valence-corrected chi connectivity index (χ2v) is 5.92. The Bertz CT molecular complexity index is 146. The van der Waals surface area contributed by atoms with Crippen molar-refractivity contribution in [3.8, 4) is 0 Å². The van der Waals surface area contributed by atoms with Gasteiger partial charge < -0.3 is 4.48 Å². The van der Waals surface area contributed by atoms with Crippen LogP contribution in [-0.2, 0) is 0 Å². The Hall–Kier alpha value is 0.250. The van der Waals surface area contributed by atoms with Gasteiger partial charge in [-0.2, -0.15) is 0 Å². The molecule has 0 aromatic carbocycles. The van der Waals surface area contributed by atoms with Crippen LogP contribution >= 0.6 is 11.6 Å². The molecule has 0 saturated carbocycles. The summed E-state index contributed by atoms with van der Waals surface area (Å²) in [5, 5.41) is 0. The summed E-state index contributed by atoms with van der Waals surface area (Å²) in [6.07, 6.45) is 11.0. The van der Waals surface area contributed by atoms with Gasteiger partial charge in [0, 0.05) is 12.3 Å². The number of rotatable bonds is 11. The molecule has 0 N–H and O–H groups in total. The lowest BCUT2D eigenvalue weighted by atomic mass is 10.1. The van der Waals surface area contributed by atoms with Crippen molar-refractivity contribution in [3.63, 3.8) is 0 Å². The third-order valence-electron chi connectivity index (χ3n) is 3.26. The van der Waals surface area contributed by atoms with E-state index < -0.39 is 0 Å². The Morgan fingerprint density at radius 1 is 0.750 bits per heavy atom. The molecule has 0 bridgehead atoms. The van der Waals surface area contributed by atoms with Crippen LogP contribution in [-0.4, -0.2) is 37.5 Å². The van der Waals surface area contributed by atoms with Gasteiger partial charge in [-0.25, -0.2) is 0 Å². The van der Waals surface area contributed by atoms with Gasteiger partial charge in [-0.3, -0.25) is 0 Å². The molecule has 0 atom stereocenters. The van der Waals surface area contributed by atoms with Gasteiger partial charge in [0.25, 0.3) is 0 Å². The Morgan fingerprint density at radius 2 is 1.25 bits per heavy atom. The standard InChI is InChI=1S/C14H31ClN/c1-4-5-6-7-8-9-10-13-16(2,3)14-11-12-15/h4-14H2,1-3H3/q+1. The van der Waals surface area contributed by atoms with Crippen LogP contribution in [0.3, 0.4) is 0 Å². The largest absolute Gasteiger partial charge is 0.328 e. The maximum Gasteiger partial charge on any atom is 0.0794 e. The van der Waals surface area contributed by atoms with Crippen molar-refractivity contribution in [3.05, 3.63) is 0 Å². The van der Waals surface area contributed by atoms with Gasteiger partial charge in [0.2, 0.25) is 0 Å². The monoisotopic (exact) mass is 248 g/mol. The fraction of sp³-hybridized carbons (Fsp3) is 1.00. The topological polar surface area (TPSA) is 0 Å². The smallest absolute Gasteiger partial charge is 0.0794 e. The molecule has 0 saturated heterocycles. The van der Waals surface area contributed by atoms with Gasteiger partial charge in [-0.1, -0.05) is 39.0 Å². The van der Waals surface area contributed by atoms with Crippen molar-refractivity contribution < 1.29 is 4.48 Å². The Morgan fingerprint density at radius 3 is 1.81 bits per heavy atom. The summed E-state index contributed by atoms with van der Waals surface area (Å²) in [6, 6.07) is 0. The molecule has 0 aliphatic carbocycles. The molecule has 0 heterocycles. The molecule has 0 aromatic rings. The van der Waals surface area contributed by atoms with Crippen molar-refractivity contribution in [1.82, 2.24) is 0 Å². The lowest BCUT2D eigenvalue weighted by molar-refractivity contribution is -0.890. The van der Waals surface area contributed by atoms with E-state index in [9.17, 15) is 0 Å². The van der Waals surface area contributed by atoms with E-state index in [1.54, 1.807) is 0 Å². The molecular weight excluding hydrogens is 218 g/mol. The van der Waals surface area contributed by atoms with Crippen molar-refractivity contribution in [2.75, 3.05) is 33.1 Å². The average Bonchev–Trinajstić information content (AvgIpc) is 2.25. The highest BCUT2D eigenvalue weighted by Gasteiger charge is 2.12. The molecule has 0 aliphatic rings. The van der Waals surface area contributed by atoms with Gasteiger partial charge in [0.1, 0.15) is 0 Å². The summed E-state index contributed by atoms with van der Waals surface area (Å²) >= 11 is 5.73. The highest BCUT2D eigenvalue weighted by molar-refractivity contribution is 6.17. The Kier molecular flexibility index (Phi) is 10.6. The number of hydrogen-bond acceptors (Lipinski definition) is 0. The first-order valence-corrected chi connectivity index (χ1v) is 7.54. The van der Waals surface area contributed by atoms with Gasteiger partial charge in [-0.05, 0) is 12.8 Å². The van der Waals surface area contributed by atoms with E-state index in [1.165, 1.54) is 58.0 Å². The van der Waals surface area contributed by atoms with E-state index >= 15 is 0 Å². The van der Waals surface area contributed by atoms with Crippen LogP contribution in [0.4, 0.5) is 0 Å². The summed E-state index contributed by atoms with van der Waals surface area (Å²) in [6.45, 7) is 4.81. The number of nitrogens with zero attached hydrogens (tertiary/aromatic N) is 1. The van der Waals surface area contributed by atoms with E-state index in [4.69, 9.17) is 11.6 Å². The maximum absolute atomic E-state index is 5.73. The molecule has 0 unspecified atom stereocenters. The molecule has 1 nitrogen and oxygen atoms in total. The van der Waals surface area contributed by atoms with E-state index in [0.717, 1.165) is 16.8 Å². The first kappa shape index (κ1) is 16.2. The predicted octanol–water partition coefficient (Wildman–Crippen LogP) is 4.44. The molecule has 0 radical (unpaired) electrons. The molecule has 0 spiro atoms. The van der Waals surface area contributed by atoms with E-state index in [-0.39, 0.29) is 0 Å². The normalized spacial score (nSPS) is 12.0. The van der Waals surface area contributed by atoms with Crippen molar-refractivity contribution >= 4 is 11.6 Å². The minimum Gasteiger partial charge on any atom is -0.328 e. The third kappa shape index (κ3) is 10.8. The molecule has 0 amide bonds. The van der Waals surface area contributed by atoms with Crippen LogP contribution in [0.1, 0.15) is 58.3 Å². The summed E-state index contributed by atoms with van der Waals surface area (Å²) in [4.78, 5) is 0. The molecule has 0 aromatic heterocycles. The van der Waals surface area contributed by atoms with Crippen LogP contribution in [0.25, 0.3) is 0 Å². The van der Waals surface area contributed by atoms with Crippen molar-refractivity contribution in [2.45, 2.75) is 58.3 Å². The van der Waals surface area contributed by atoms with E-state index in [0.29, 0.717) is 0 Å². The lowest BCUT2D eigenvalue weighted by Gasteiger charge is -2.29. The molecule has 0 aliphatic heterocycles. The summed E-state index contributed by atoms with van der Waals surface area (Å²) in [5.74, 6) is 0.804. The van der Waals surface area contributed by atoms with E-state index in [1.807, 2.05) is 0 Å². The second-order valence-electron chi connectivity index (χ2n) is 5.55. The second kappa shape index (κ2) is 10.4. The molecule has 0 rings (SSSR count). The van der Waals surface area contributed by atoms with Gasteiger partial charge in [-0.15, -0.1) is 11.6 Å². The van der Waals surface area contributed by atoms with Crippen LogP contribution in [0.15, 0.2) is 0 Å². The van der Waals surface area contributed by atoms with Gasteiger partial charge in [0.05, 0.1) is 27.2 Å². The van der Waals surface area contributed by atoms with Crippen LogP contribution in [0, 0.1) is 0 Å². The number of hydrogen-bond donors (Lipinski definition) is 0. The molecule has 0 fully saturated rings. The highest BCUT2D eigenvalue weighted by atomic mass is 35.5. The zero-order valence-electron chi connectivity index (χ0n) is 11.6. The zero-order chi connectivity index (χ0) is 12.3. The van der Waals surface area contributed by atoms with Crippen LogP contribution in [0.5, 0.6) is 0 Å². The number of quaternary nitrogens is 1. The average molecular weight is 249 g/mol. The van der Waals surface area contributed by atoms with Crippen LogP contribution < -0.4 is 0 Å². The first-order valence-electron chi connectivity index (χ1n) is 7.00. The Balaban J connectivity index is 3.29. The van der Waals surface area contributed by atoms with Crippen molar-refractivity contribution in [2.24, 2.45) is 0 Å². The van der Waals surface area contributed by atoms with Gasteiger partial charge >= 0.3 is 0 Å². The zero-order valence-corrected chi connectivity index (χ0v) is 12.4. The number of alkyl halides is 1. The fourth-order valence-corrected chi connectivity index (χ4v) is 2.22. The quantitative estimate of drug-likeness (QED) is 0.288. The minimum atomic E-state index is 0.804. The predicted molar refractivity (Wildman–Crippen MR) is 75.2 cm³/mol. The molecular formula is C14H31ClN+. The molecule has 98 valence electrons. The summed E-state index contributed by atoms with van der Waals surface area (Å²) < 4.78 is 1.14. The minimum absolute atomic E-state index is 0.804. The highest BCUT2D eigenvalue weighted by Crippen LogP contribution is 2.09. The summed E-state index contributed by atoms with van der Waals surface area (Å²) in [7, 11) is 4.65. The fourth-order valence-electron chi connectivity index (χ4n) is 2.10. The SMILES string of the molecule is CCCCCCCCC[N+](C)(C)CCCCl. The number of halogens is 1. The van der Waals surface area contributed by atoms with Crippen LogP contribution in [0.2, 0.25) is 0 Å². The first-order chi connectivity index (χ1) is 7.62. The lowest BCUT2D eigenvalue weighted by Crippen LogP contribution is -2.41. The van der Waals surface area contributed by atoms with E-state index in [2.05, 4.69) is 21.0 Å². The number of unbranched alkanes of at least 4 members (excludes halogenated alkanes) is 6.